The summed E-state index contributed by atoms with van der Waals surface area (Å²) in [6.07, 6.45) is 10.6. The third kappa shape index (κ3) is 3.71. The lowest BCUT2D eigenvalue weighted by atomic mass is 9.93. The predicted octanol–water partition coefficient (Wildman–Crippen LogP) is 3.97. The summed E-state index contributed by atoms with van der Waals surface area (Å²) in [5, 5.41) is 13.4. The molecule has 160 valence electrons. The molecular weight excluding hydrogens is 397 g/mol. The first-order valence-electron chi connectivity index (χ1n) is 10.4. The Hall–Kier alpha value is -3.49. The van der Waals surface area contributed by atoms with E-state index in [0.29, 0.717) is 0 Å². The van der Waals surface area contributed by atoms with Crippen molar-refractivity contribution < 1.29 is 9.13 Å². The van der Waals surface area contributed by atoms with E-state index in [1.807, 2.05) is 38.8 Å². The lowest BCUT2D eigenvalue weighted by Gasteiger charge is -2.29. The van der Waals surface area contributed by atoms with Gasteiger partial charge in [-0.05, 0) is 37.8 Å². The molecule has 4 heterocycles. The van der Waals surface area contributed by atoms with Crippen molar-refractivity contribution in [3.8, 4) is 17.1 Å². The highest BCUT2D eigenvalue weighted by atomic mass is 19.1. The molecule has 1 aliphatic carbocycles. The zero-order chi connectivity index (χ0) is 21.4. The molecule has 0 radical (unpaired) electrons. The highest BCUT2D eigenvalue weighted by Crippen LogP contribution is 2.36. The topological polar surface area (TPSA) is 82.7 Å². The van der Waals surface area contributed by atoms with Gasteiger partial charge in [0, 0.05) is 49.7 Å². The second-order valence-electron chi connectivity index (χ2n) is 7.87. The van der Waals surface area contributed by atoms with E-state index >= 15 is 0 Å². The molecule has 0 atom stereocenters. The van der Waals surface area contributed by atoms with Crippen LogP contribution in [0.15, 0.2) is 43.0 Å². The molecule has 1 saturated carbocycles. The summed E-state index contributed by atoms with van der Waals surface area (Å²) >= 11 is 0. The Morgan fingerprint density at radius 2 is 2.00 bits per heavy atom. The summed E-state index contributed by atoms with van der Waals surface area (Å²) in [5.41, 5.74) is 2.89. The molecule has 5 rings (SSSR count). The van der Waals surface area contributed by atoms with Crippen molar-refractivity contribution >= 4 is 16.7 Å². The fraction of sp³-hybridized carbons (Fsp3) is 0.364. The van der Waals surface area contributed by atoms with Crippen LogP contribution in [0.4, 0.5) is 10.2 Å². The van der Waals surface area contributed by atoms with Gasteiger partial charge in [0.25, 0.3) is 5.88 Å². The molecule has 1 N–H and O–H groups in total. The van der Waals surface area contributed by atoms with Crippen LogP contribution in [0, 0.1) is 5.82 Å². The highest BCUT2D eigenvalue weighted by molar-refractivity contribution is 5.93. The third-order valence-corrected chi connectivity index (χ3v) is 5.82. The van der Waals surface area contributed by atoms with E-state index in [1.54, 1.807) is 16.9 Å². The second kappa shape index (κ2) is 7.98. The van der Waals surface area contributed by atoms with Crippen LogP contribution in [0.2, 0.25) is 0 Å². The molecule has 0 spiro atoms. The van der Waals surface area contributed by atoms with Gasteiger partial charge in [-0.3, -0.25) is 9.36 Å². The average Bonchev–Trinajstić information content (AvgIpc) is 3.39. The maximum Gasteiger partial charge on any atom is 0.250 e. The van der Waals surface area contributed by atoms with Crippen molar-refractivity contribution in [3.63, 3.8) is 0 Å². The van der Waals surface area contributed by atoms with Crippen LogP contribution >= 0.6 is 0 Å². The van der Waals surface area contributed by atoms with Gasteiger partial charge in [-0.25, -0.2) is 14.4 Å². The number of anilines is 1. The Bertz CT molecular complexity index is 1210. The summed E-state index contributed by atoms with van der Waals surface area (Å²) in [6, 6.07) is 5.20. The first-order chi connectivity index (χ1) is 15.1. The van der Waals surface area contributed by atoms with E-state index < -0.39 is 5.82 Å². The molecule has 0 amide bonds. The Kier molecular flexibility index (Phi) is 5.01. The van der Waals surface area contributed by atoms with E-state index in [1.165, 1.54) is 6.07 Å². The van der Waals surface area contributed by atoms with Crippen LogP contribution in [-0.4, -0.2) is 42.7 Å². The number of hydrogen-bond donors (Lipinski definition) is 1. The molecular formula is C22H24FN7O. The van der Waals surface area contributed by atoms with Gasteiger partial charge in [-0.15, -0.1) is 0 Å². The molecule has 1 aliphatic rings. The van der Waals surface area contributed by atoms with E-state index in [0.717, 1.165) is 53.7 Å². The van der Waals surface area contributed by atoms with Crippen LogP contribution in [-0.2, 0) is 7.05 Å². The quantitative estimate of drug-likeness (QED) is 0.525. The number of fused-ring (bicyclic) bond motifs is 1. The summed E-state index contributed by atoms with van der Waals surface area (Å²) in [6.45, 7) is 0. The van der Waals surface area contributed by atoms with Gasteiger partial charge < -0.3 is 10.1 Å². The normalized spacial score (nSPS) is 18.9. The number of aromatic nitrogens is 6. The summed E-state index contributed by atoms with van der Waals surface area (Å²) in [7, 11) is 3.75. The summed E-state index contributed by atoms with van der Waals surface area (Å²) in [4.78, 5) is 8.50. The van der Waals surface area contributed by atoms with E-state index in [-0.39, 0.29) is 18.0 Å². The van der Waals surface area contributed by atoms with Crippen molar-refractivity contribution in [2.24, 2.45) is 7.05 Å². The number of pyridine rings is 2. The lowest BCUT2D eigenvalue weighted by molar-refractivity contribution is 0.120. The van der Waals surface area contributed by atoms with Crippen LogP contribution in [0.25, 0.3) is 22.2 Å². The summed E-state index contributed by atoms with van der Waals surface area (Å²) in [5.74, 6) is 0.462. The van der Waals surface area contributed by atoms with Crippen molar-refractivity contribution in [3.05, 3.63) is 48.8 Å². The van der Waals surface area contributed by atoms with Gasteiger partial charge in [0.15, 0.2) is 5.82 Å². The molecule has 4 aromatic heterocycles. The van der Waals surface area contributed by atoms with Crippen LogP contribution in [0.3, 0.4) is 0 Å². The average molecular weight is 421 g/mol. The number of aryl methyl sites for hydroxylation is 1. The minimum Gasteiger partial charge on any atom is -0.472 e. The molecule has 9 heteroatoms. The largest absolute Gasteiger partial charge is 0.472 e. The summed E-state index contributed by atoms with van der Waals surface area (Å²) < 4.78 is 23.6. The molecule has 8 nitrogen and oxygen atoms in total. The van der Waals surface area contributed by atoms with Gasteiger partial charge in [0.05, 0.1) is 17.8 Å². The van der Waals surface area contributed by atoms with Crippen molar-refractivity contribution in [2.75, 3.05) is 12.4 Å². The first kappa shape index (κ1) is 19.5. The molecule has 1 fully saturated rings. The minimum absolute atomic E-state index is 0.0465. The zero-order valence-electron chi connectivity index (χ0n) is 17.5. The number of hydrogen-bond acceptors (Lipinski definition) is 6. The van der Waals surface area contributed by atoms with Crippen LogP contribution in [0.5, 0.6) is 5.88 Å². The molecule has 31 heavy (non-hydrogen) atoms. The SMILES string of the molecule is CNc1cc2c(cn1)c(-c1cnn(C)c1)nn2C1CCC(Oc2ncccc2F)CC1. The molecule has 0 unspecified atom stereocenters. The smallest absolute Gasteiger partial charge is 0.250 e. The number of ether oxygens (including phenoxy) is 1. The van der Waals surface area contributed by atoms with Crippen molar-refractivity contribution in [1.82, 2.24) is 29.5 Å². The van der Waals surface area contributed by atoms with Gasteiger partial charge in [0.2, 0.25) is 0 Å². The molecule has 0 bridgehead atoms. The highest BCUT2D eigenvalue weighted by Gasteiger charge is 2.27. The van der Waals surface area contributed by atoms with Gasteiger partial charge >= 0.3 is 0 Å². The van der Waals surface area contributed by atoms with Gasteiger partial charge in [-0.2, -0.15) is 10.2 Å². The van der Waals surface area contributed by atoms with Crippen LogP contribution < -0.4 is 10.1 Å². The molecule has 0 saturated heterocycles. The van der Waals surface area contributed by atoms with Gasteiger partial charge in [0.1, 0.15) is 17.6 Å². The maximum absolute atomic E-state index is 13.9. The standard InChI is InChI=1S/C22H24FN7O/c1-24-20-10-19-17(12-26-20)21(14-11-27-29(2)13-14)28-30(19)15-5-7-16(8-6-15)31-22-18(23)4-3-9-25-22/h3-4,9-13,15-16H,5-8H2,1-2H3,(H,24,26). The second-order valence-corrected chi connectivity index (χ2v) is 7.87. The van der Waals surface area contributed by atoms with E-state index in [9.17, 15) is 4.39 Å². The monoisotopic (exact) mass is 421 g/mol. The lowest BCUT2D eigenvalue weighted by Crippen LogP contribution is -2.26. The van der Waals surface area contributed by atoms with Crippen LogP contribution in [0.1, 0.15) is 31.7 Å². The predicted molar refractivity (Wildman–Crippen MR) is 115 cm³/mol. The van der Waals surface area contributed by atoms with Gasteiger partial charge in [-0.1, -0.05) is 0 Å². The molecule has 0 aromatic carbocycles. The Morgan fingerprint density at radius 3 is 2.71 bits per heavy atom. The number of rotatable bonds is 5. The Balaban J connectivity index is 1.42. The zero-order valence-corrected chi connectivity index (χ0v) is 17.5. The number of nitrogens with zero attached hydrogens (tertiary/aromatic N) is 6. The number of halogens is 1. The van der Waals surface area contributed by atoms with E-state index in [2.05, 4.69) is 25.1 Å². The minimum atomic E-state index is -0.420. The fourth-order valence-electron chi connectivity index (χ4n) is 4.23. The third-order valence-electron chi connectivity index (χ3n) is 5.82. The maximum atomic E-state index is 13.9. The molecule has 4 aromatic rings. The van der Waals surface area contributed by atoms with Crippen molar-refractivity contribution in [1.29, 1.82) is 0 Å². The number of nitrogens with one attached hydrogen (secondary N) is 1. The first-order valence-corrected chi connectivity index (χ1v) is 10.4. The Labute approximate surface area is 179 Å². The molecule has 0 aliphatic heterocycles. The fourth-order valence-corrected chi connectivity index (χ4v) is 4.23. The van der Waals surface area contributed by atoms with E-state index in [4.69, 9.17) is 9.84 Å². The van der Waals surface area contributed by atoms with Crippen molar-refractivity contribution in [2.45, 2.75) is 37.8 Å². The Morgan fingerprint density at radius 1 is 1.16 bits per heavy atom.